The molecule has 0 bridgehead atoms. The zero-order valence-corrected chi connectivity index (χ0v) is 9.44. The Bertz CT molecular complexity index is 287. The summed E-state index contributed by atoms with van der Waals surface area (Å²) in [5.41, 5.74) is 1.12. The van der Waals surface area contributed by atoms with Crippen molar-refractivity contribution in [1.29, 1.82) is 0 Å². The molecule has 0 unspecified atom stereocenters. The summed E-state index contributed by atoms with van der Waals surface area (Å²) in [4.78, 5) is 4.30. The summed E-state index contributed by atoms with van der Waals surface area (Å²) in [6.07, 6.45) is 0. The molecule has 70 valence electrons. The van der Waals surface area contributed by atoms with Crippen molar-refractivity contribution in [3.05, 3.63) is 30.3 Å². The number of amidine groups is 1. The molecule has 1 aliphatic heterocycles. The molecule has 0 aliphatic carbocycles. The van der Waals surface area contributed by atoms with Gasteiger partial charge in [-0.15, -0.1) is 0 Å². The van der Waals surface area contributed by atoms with Gasteiger partial charge in [-0.25, -0.2) is 0 Å². The fraction of sp³-hybridized carbons (Fsp3) is 0.222. The van der Waals surface area contributed by atoms with E-state index in [0.717, 1.165) is 23.2 Å². The number of anilines is 1. The van der Waals surface area contributed by atoms with Crippen molar-refractivity contribution in [2.75, 3.05) is 17.6 Å². The van der Waals surface area contributed by atoms with Gasteiger partial charge in [0.15, 0.2) is 5.17 Å². The van der Waals surface area contributed by atoms with Gasteiger partial charge in [0.25, 0.3) is 0 Å². The van der Waals surface area contributed by atoms with E-state index in [0.29, 0.717) is 0 Å². The number of aliphatic imine (C=N–C) groups is 1. The highest BCUT2D eigenvalue weighted by Crippen LogP contribution is 2.14. The number of hydrogen-bond donors (Lipinski definition) is 1. The molecule has 1 aliphatic rings. The average molecular weight is 258 g/mol. The number of hydrogen-bond acceptors (Lipinski definition) is 3. The third kappa shape index (κ3) is 3.04. The highest BCUT2D eigenvalue weighted by atomic mass is 79.9. The summed E-state index contributed by atoms with van der Waals surface area (Å²) < 4.78 is 0. The van der Waals surface area contributed by atoms with Crippen molar-refractivity contribution in [3.8, 4) is 0 Å². The number of nitrogens with one attached hydrogen (secondary N) is 1. The second-order valence-corrected chi connectivity index (χ2v) is 3.61. The number of benzene rings is 1. The first-order chi connectivity index (χ1) is 5.95. The van der Waals surface area contributed by atoms with Crippen LogP contribution < -0.4 is 22.3 Å². The molecule has 4 heteroatoms. The summed E-state index contributed by atoms with van der Waals surface area (Å²) in [6, 6.07) is 10.1. The van der Waals surface area contributed by atoms with Crippen LogP contribution in [0.3, 0.4) is 0 Å². The van der Waals surface area contributed by atoms with Gasteiger partial charge in [-0.2, -0.15) is 0 Å². The second-order valence-electron chi connectivity index (χ2n) is 2.53. The smallest absolute Gasteiger partial charge is 0.161 e. The van der Waals surface area contributed by atoms with Gasteiger partial charge >= 0.3 is 0 Å². The molecule has 0 radical (unpaired) electrons. The van der Waals surface area contributed by atoms with Crippen LogP contribution in [0.1, 0.15) is 0 Å². The van der Waals surface area contributed by atoms with Gasteiger partial charge in [0, 0.05) is 11.4 Å². The van der Waals surface area contributed by atoms with E-state index in [-0.39, 0.29) is 17.0 Å². The molecule has 0 fully saturated rings. The quantitative estimate of drug-likeness (QED) is 0.713. The lowest BCUT2D eigenvalue weighted by Gasteiger charge is -2.02. The van der Waals surface area contributed by atoms with Gasteiger partial charge in [-0.05, 0) is 12.1 Å². The van der Waals surface area contributed by atoms with Crippen LogP contribution in [-0.4, -0.2) is 17.5 Å². The Balaban J connectivity index is 0.000000845. The summed E-state index contributed by atoms with van der Waals surface area (Å²) in [7, 11) is 0. The first-order valence-electron chi connectivity index (χ1n) is 3.94. The van der Waals surface area contributed by atoms with Crippen LogP contribution in [0.15, 0.2) is 35.3 Å². The average Bonchev–Trinajstić information content (AvgIpc) is 2.59. The summed E-state index contributed by atoms with van der Waals surface area (Å²) in [5.74, 6) is 1.11. The van der Waals surface area contributed by atoms with Crippen molar-refractivity contribution in [2.24, 2.45) is 4.99 Å². The number of halogens is 1. The first-order valence-corrected chi connectivity index (χ1v) is 4.93. The minimum absolute atomic E-state index is 0. The first kappa shape index (κ1) is 10.6. The molecule has 0 saturated heterocycles. The molecule has 1 aromatic rings. The zero-order valence-electron chi connectivity index (χ0n) is 7.03. The molecule has 0 saturated carbocycles. The minimum atomic E-state index is 0. The number of rotatable bonds is 1. The van der Waals surface area contributed by atoms with Crippen molar-refractivity contribution < 1.29 is 17.0 Å². The highest BCUT2D eigenvalue weighted by Gasteiger charge is 2.05. The van der Waals surface area contributed by atoms with Gasteiger partial charge in [0.2, 0.25) is 0 Å². The van der Waals surface area contributed by atoms with Crippen molar-refractivity contribution in [2.45, 2.75) is 0 Å². The third-order valence-corrected chi connectivity index (χ3v) is 2.50. The molecule has 0 atom stereocenters. The van der Waals surface area contributed by atoms with E-state index < -0.39 is 0 Å². The Morgan fingerprint density at radius 3 is 2.62 bits per heavy atom. The molecule has 2 nitrogen and oxygen atoms in total. The van der Waals surface area contributed by atoms with Crippen LogP contribution >= 0.6 is 11.8 Å². The standard InChI is InChI=1S/C9H10N2S.BrH/c1-2-4-8(5-3-1)11-9-10-6-7-12-9;/h1-5H,6-7H2,(H,10,11);1H/p-1. The minimum Gasteiger partial charge on any atom is -1.00 e. The second kappa shape index (κ2) is 5.29. The predicted octanol–water partition coefficient (Wildman–Crippen LogP) is -0.795. The van der Waals surface area contributed by atoms with Crippen LogP contribution in [0, 0.1) is 0 Å². The van der Waals surface area contributed by atoms with E-state index in [9.17, 15) is 0 Å². The zero-order chi connectivity index (χ0) is 8.23. The lowest BCUT2D eigenvalue weighted by Crippen LogP contribution is -3.00. The molecular formula is C9H10BrN2S-. The maximum Gasteiger partial charge on any atom is 0.161 e. The van der Waals surface area contributed by atoms with Crippen LogP contribution in [0.2, 0.25) is 0 Å². The molecular weight excluding hydrogens is 248 g/mol. The maximum atomic E-state index is 4.30. The Labute approximate surface area is 92.6 Å². The molecule has 1 N–H and O–H groups in total. The molecule has 0 amide bonds. The van der Waals surface area contributed by atoms with Crippen molar-refractivity contribution >= 4 is 22.6 Å². The topological polar surface area (TPSA) is 24.4 Å². The van der Waals surface area contributed by atoms with Gasteiger partial charge in [-0.1, -0.05) is 30.0 Å². The van der Waals surface area contributed by atoms with Gasteiger partial charge in [0.1, 0.15) is 0 Å². The van der Waals surface area contributed by atoms with Crippen LogP contribution in [0.5, 0.6) is 0 Å². The van der Waals surface area contributed by atoms with Crippen LogP contribution in [0.4, 0.5) is 5.69 Å². The Morgan fingerprint density at radius 1 is 1.23 bits per heavy atom. The Morgan fingerprint density at radius 2 is 2.00 bits per heavy atom. The lowest BCUT2D eigenvalue weighted by molar-refractivity contribution is -0.00000233. The molecule has 2 rings (SSSR count). The Kier molecular flexibility index (Phi) is 4.32. The highest BCUT2D eigenvalue weighted by molar-refractivity contribution is 8.14. The molecule has 13 heavy (non-hydrogen) atoms. The van der Waals surface area contributed by atoms with E-state index in [4.69, 9.17) is 0 Å². The van der Waals surface area contributed by atoms with Crippen molar-refractivity contribution in [3.63, 3.8) is 0 Å². The molecule has 1 aromatic carbocycles. The summed E-state index contributed by atoms with van der Waals surface area (Å²) in [6.45, 7) is 0.944. The number of para-hydroxylation sites is 1. The van der Waals surface area contributed by atoms with E-state index in [1.807, 2.05) is 30.3 Å². The summed E-state index contributed by atoms with van der Waals surface area (Å²) >= 11 is 1.78. The molecule has 1 heterocycles. The number of nitrogens with zero attached hydrogens (tertiary/aromatic N) is 1. The van der Waals surface area contributed by atoms with E-state index in [2.05, 4.69) is 10.3 Å². The van der Waals surface area contributed by atoms with Gasteiger partial charge in [0.05, 0.1) is 6.54 Å². The van der Waals surface area contributed by atoms with E-state index >= 15 is 0 Å². The predicted molar refractivity (Wildman–Crippen MR) is 54.8 cm³/mol. The Hall–Kier alpha value is -0.480. The van der Waals surface area contributed by atoms with Crippen molar-refractivity contribution in [1.82, 2.24) is 0 Å². The number of thioether (sulfide) groups is 1. The molecule has 0 aromatic heterocycles. The lowest BCUT2D eigenvalue weighted by atomic mass is 10.3. The fourth-order valence-corrected chi connectivity index (χ4v) is 1.80. The van der Waals surface area contributed by atoms with Crippen LogP contribution in [-0.2, 0) is 0 Å². The fourth-order valence-electron chi connectivity index (χ4n) is 1.06. The molecule has 0 spiro atoms. The SMILES string of the molecule is [Br-].c1ccc(NC2=NCCS2)cc1. The van der Waals surface area contributed by atoms with Gasteiger partial charge in [-0.3, -0.25) is 4.99 Å². The maximum absolute atomic E-state index is 4.30. The summed E-state index contributed by atoms with van der Waals surface area (Å²) in [5, 5.41) is 4.30. The van der Waals surface area contributed by atoms with E-state index in [1.165, 1.54) is 0 Å². The monoisotopic (exact) mass is 257 g/mol. The third-order valence-electron chi connectivity index (χ3n) is 1.61. The van der Waals surface area contributed by atoms with Crippen LogP contribution in [0.25, 0.3) is 0 Å². The van der Waals surface area contributed by atoms with E-state index in [1.54, 1.807) is 11.8 Å². The normalized spacial score (nSPS) is 14.6. The largest absolute Gasteiger partial charge is 1.00 e. The van der Waals surface area contributed by atoms with Gasteiger partial charge < -0.3 is 22.3 Å².